The van der Waals surface area contributed by atoms with E-state index >= 15 is 0 Å². The third-order valence-electron chi connectivity index (χ3n) is 4.88. The Bertz CT molecular complexity index is 1420. The van der Waals surface area contributed by atoms with Crippen LogP contribution >= 0.6 is 0 Å². The molecule has 0 saturated heterocycles. The molecule has 4 heterocycles. The van der Waals surface area contributed by atoms with Crippen molar-refractivity contribution in [3.8, 4) is 11.3 Å². The Morgan fingerprint density at radius 1 is 0.969 bits per heavy atom. The molecule has 0 aliphatic rings. The number of hydrogen-bond acceptors (Lipinski definition) is 5. The van der Waals surface area contributed by atoms with Gasteiger partial charge in [-0.3, -0.25) is 14.3 Å². The first kappa shape index (κ1) is 19.4. The Morgan fingerprint density at radius 3 is 2.66 bits per heavy atom. The highest BCUT2D eigenvalue weighted by molar-refractivity contribution is 5.90. The van der Waals surface area contributed by atoms with Gasteiger partial charge in [-0.1, -0.05) is 36.4 Å². The second kappa shape index (κ2) is 8.31. The molecule has 0 radical (unpaired) electrons. The molecular formula is C23H19N7O2. The van der Waals surface area contributed by atoms with E-state index in [1.54, 1.807) is 23.1 Å². The van der Waals surface area contributed by atoms with Crippen LogP contribution in [-0.4, -0.2) is 34.9 Å². The minimum atomic E-state index is -0.364. The third kappa shape index (κ3) is 4.17. The zero-order valence-electron chi connectivity index (χ0n) is 17.0. The molecule has 0 fully saturated rings. The fourth-order valence-electron chi connectivity index (χ4n) is 3.41. The molecule has 5 rings (SSSR count). The Morgan fingerprint density at radius 2 is 1.81 bits per heavy atom. The van der Waals surface area contributed by atoms with Gasteiger partial charge in [0.1, 0.15) is 12.2 Å². The van der Waals surface area contributed by atoms with Gasteiger partial charge in [-0.15, -0.1) is 0 Å². The lowest BCUT2D eigenvalue weighted by Crippen LogP contribution is -2.29. The number of imidazole rings is 1. The summed E-state index contributed by atoms with van der Waals surface area (Å²) in [4.78, 5) is 29.2. The maximum absolute atomic E-state index is 12.5. The lowest BCUT2D eigenvalue weighted by molar-refractivity contribution is -0.117. The van der Waals surface area contributed by atoms with E-state index < -0.39 is 0 Å². The van der Waals surface area contributed by atoms with E-state index in [0.717, 1.165) is 21.6 Å². The van der Waals surface area contributed by atoms with E-state index in [1.165, 1.54) is 6.07 Å². The summed E-state index contributed by atoms with van der Waals surface area (Å²) in [5.41, 5.74) is 3.39. The van der Waals surface area contributed by atoms with Gasteiger partial charge in [-0.25, -0.2) is 9.67 Å². The molecule has 9 nitrogen and oxygen atoms in total. The van der Waals surface area contributed by atoms with Crippen LogP contribution in [0.25, 0.3) is 16.9 Å². The Hall–Kier alpha value is -4.53. The molecule has 0 spiro atoms. The highest BCUT2D eigenvalue weighted by Gasteiger charge is 2.10. The number of nitrogens with one attached hydrogen (secondary N) is 1. The summed E-state index contributed by atoms with van der Waals surface area (Å²) in [6, 6.07) is 18.4. The van der Waals surface area contributed by atoms with Gasteiger partial charge in [0.2, 0.25) is 5.91 Å². The molecule has 9 heteroatoms. The zero-order valence-corrected chi connectivity index (χ0v) is 17.0. The molecule has 32 heavy (non-hydrogen) atoms. The summed E-state index contributed by atoms with van der Waals surface area (Å²) < 4.78 is 4.78. The van der Waals surface area contributed by atoms with Gasteiger partial charge in [-0.2, -0.15) is 10.2 Å². The Kier molecular flexibility index (Phi) is 5.04. The molecule has 0 saturated carbocycles. The molecule has 5 aromatic rings. The normalized spacial score (nSPS) is 11.0. The van der Waals surface area contributed by atoms with Crippen molar-refractivity contribution in [2.45, 2.75) is 13.1 Å². The molecule has 4 aromatic heterocycles. The molecular weight excluding hydrogens is 406 g/mol. The quantitative estimate of drug-likeness (QED) is 0.451. The van der Waals surface area contributed by atoms with Crippen LogP contribution in [0.5, 0.6) is 0 Å². The summed E-state index contributed by atoms with van der Waals surface area (Å²) in [5, 5.41) is 11.4. The van der Waals surface area contributed by atoms with Crippen molar-refractivity contribution in [3.63, 3.8) is 0 Å². The average Bonchev–Trinajstić information content (AvgIpc) is 3.42. The first-order chi connectivity index (χ1) is 15.6. The predicted octanol–water partition coefficient (Wildman–Crippen LogP) is 2.44. The fraction of sp³-hybridized carbons (Fsp3) is 0.0870. The first-order valence-electron chi connectivity index (χ1n) is 10.0. The Balaban J connectivity index is 1.26. The number of pyridine rings is 1. The van der Waals surface area contributed by atoms with Gasteiger partial charge in [0.25, 0.3) is 5.56 Å². The van der Waals surface area contributed by atoms with Crippen molar-refractivity contribution in [3.05, 3.63) is 101 Å². The Labute approximate surface area is 182 Å². The predicted molar refractivity (Wildman–Crippen MR) is 119 cm³/mol. The van der Waals surface area contributed by atoms with Crippen molar-refractivity contribution in [1.82, 2.24) is 28.9 Å². The molecule has 0 aliphatic heterocycles. The van der Waals surface area contributed by atoms with Crippen molar-refractivity contribution >= 4 is 17.2 Å². The van der Waals surface area contributed by atoms with E-state index in [2.05, 4.69) is 20.5 Å². The molecule has 158 valence electrons. The number of rotatable bonds is 6. The van der Waals surface area contributed by atoms with E-state index in [-0.39, 0.29) is 18.0 Å². The van der Waals surface area contributed by atoms with Crippen LogP contribution in [0.4, 0.5) is 5.69 Å². The zero-order chi connectivity index (χ0) is 21.9. The lowest BCUT2D eigenvalue weighted by atomic mass is 10.1. The molecule has 1 aromatic carbocycles. The maximum atomic E-state index is 12.5. The van der Waals surface area contributed by atoms with Crippen molar-refractivity contribution in [1.29, 1.82) is 0 Å². The van der Waals surface area contributed by atoms with Crippen LogP contribution in [0.1, 0.15) is 5.69 Å². The second-order valence-corrected chi connectivity index (χ2v) is 7.25. The van der Waals surface area contributed by atoms with E-state index in [0.29, 0.717) is 17.9 Å². The van der Waals surface area contributed by atoms with Gasteiger partial charge in [-0.05, 0) is 18.2 Å². The molecule has 0 unspecified atom stereocenters. The maximum Gasteiger partial charge on any atom is 0.267 e. The molecule has 1 amide bonds. The topological polar surface area (TPSA) is 99.1 Å². The number of hydrogen-bond donors (Lipinski definition) is 1. The number of amides is 1. The number of fused-ring (bicyclic) bond motifs is 1. The summed E-state index contributed by atoms with van der Waals surface area (Å²) in [5.74, 6) is -0.364. The number of carbonyl (C=O) groups is 1. The largest absolute Gasteiger partial charge is 0.322 e. The minimum absolute atomic E-state index is 0.197. The summed E-state index contributed by atoms with van der Waals surface area (Å²) in [6.07, 6.45) is 7.15. The van der Waals surface area contributed by atoms with E-state index in [1.807, 2.05) is 65.3 Å². The molecule has 0 aliphatic carbocycles. The number of nitrogens with zero attached hydrogens (tertiary/aromatic N) is 6. The van der Waals surface area contributed by atoms with Gasteiger partial charge >= 0.3 is 0 Å². The summed E-state index contributed by atoms with van der Waals surface area (Å²) in [6.45, 7) is 0.273. The number of carbonyl (C=O) groups excluding carboxylic acids is 1. The van der Waals surface area contributed by atoms with Crippen LogP contribution in [0, 0.1) is 0 Å². The van der Waals surface area contributed by atoms with Gasteiger partial charge < -0.3 is 9.72 Å². The monoisotopic (exact) mass is 425 g/mol. The van der Waals surface area contributed by atoms with Gasteiger partial charge in [0.05, 0.1) is 29.8 Å². The van der Waals surface area contributed by atoms with Crippen LogP contribution in [0.3, 0.4) is 0 Å². The summed E-state index contributed by atoms with van der Waals surface area (Å²) >= 11 is 0. The smallest absolute Gasteiger partial charge is 0.267 e. The average molecular weight is 425 g/mol. The SMILES string of the molecule is O=C(Cn1nc(-c2ccccc2)ccc1=O)Nc1cnn(Cc2cn3ccccc3n2)c1. The second-order valence-electron chi connectivity index (χ2n) is 7.25. The van der Waals surface area contributed by atoms with Crippen molar-refractivity contribution in [2.75, 3.05) is 5.32 Å². The van der Waals surface area contributed by atoms with Crippen molar-refractivity contribution < 1.29 is 4.79 Å². The first-order valence-corrected chi connectivity index (χ1v) is 10.0. The van der Waals surface area contributed by atoms with Crippen LogP contribution < -0.4 is 10.9 Å². The number of anilines is 1. The van der Waals surface area contributed by atoms with Crippen molar-refractivity contribution in [2.24, 2.45) is 0 Å². The fourth-order valence-corrected chi connectivity index (χ4v) is 3.41. The molecule has 1 N–H and O–H groups in total. The number of benzene rings is 1. The van der Waals surface area contributed by atoms with Crippen LogP contribution in [0.15, 0.2) is 90.2 Å². The minimum Gasteiger partial charge on any atom is -0.322 e. The number of aromatic nitrogens is 6. The molecule has 0 bridgehead atoms. The highest BCUT2D eigenvalue weighted by atomic mass is 16.2. The highest BCUT2D eigenvalue weighted by Crippen LogP contribution is 2.14. The molecule has 0 atom stereocenters. The van der Waals surface area contributed by atoms with Crippen LogP contribution in [0.2, 0.25) is 0 Å². The third-order valence-corrected chi connectivity index (χ3v) is 4.88. The van der Waals surface area contributed by atoms with E-state index in [9.17, 15) is 9.59 Å². The van der Waals surface area contributed by atoms with Gasteiger partial charge in [0.15, 0.2) is 0 Å². The van der Waals surface area contributed by atoms with Gasteiger partial charge in [0, 0.05) is 30.2 Å². The summed E-state index contributed by atoms with van der Waals surface area (Å²) in [7, 11) is 0. The lowest BCUT2D eigenvalue weighted by Gasteiger charge is -2.07. The standard InChI is InChI=1S/C23H19N7O2/c31-22(16-30-23(32)10-9-20(27-30)17-6-2-1-3-7-17)26-18-12-24-29(14-18)15-19-13-28-11-5-4-8-21(28)25-19/h1-14H,15-16H2,(H,26,31). The van der Waals surface area contributed by atoms with Crippen LogP contribution in [-0.2, 0) is 17.9 Å². The van der Waals surface area contributed by atoms with E-state index in [4.69, 9.17) is 0 Å².